The molecule has 2 heterocycles. The molecule has 1 N–H and O–H groups in total. The number of hydrogen-bond donors (Lipinski definition) is 1. The molecule has 0 bridgehead atoms. The van der Waals surface area contributed by atoms with Gasteiger partial charge in [-0.2, -0.15) is 0 Å². The first-order valence-corrected chi connectivity index (χ1v) is 10.4. The van der Waals surface area contributed by atoms with Crippen molar-refractivity contribution in [1.82, 2.24) is 15.1 Å². The van der Waals surface area contributed by atoms with Gasteiger partial charge in [-0.05, 0) is 36.9 Å². The highest BCUT2D eigenvalue weighted by molar-refractivity contribution is 6.30. The molecule has 1 aromatic heterocycles. The molecular formula is C23H24ClN3O3. The number of hydrogen-bond acceptors (Lipinski definition) is 5. The molecule has 0 spiro atoms. The van der Waals surface area contributed by atoms with E-state index in [1.54, 1.807) is 18.2 Å². The largest absolute Gasteiger partial charge is 0.422 e. The summed E-state index contributed by atoms with van der Waals surface area (Å²) in [5.41, 5.74) is 0.932. The van der Waals surface area contributed by atoms with Crippen LogP contribution in [0.5, 0.6) is 0 Å². The van der Waals surface area contributed by atoms with Crippen LogP contribution in [0, 0.1) is 0 Å². The Kier molecular flexibility index (Phi) is 6.18. The monoisotopic (exact) mass is 425 g/mol. The first-order valence-electron chi connectivity index (χ1n) is 10.0. The van der Waals surface area contributed by atoms with Crippen molar-refractivity contribution in [3.05, 3.63) is 81.2 Å². The third-order valence-corrected chi connectivity index (χ3v) is 5.83. The molecule has 1 saturated heterocycles. The molecule has 156 valence electrons. The number of rotatable bonds is 5. The lowest BCUT2D eigenvalue weighted by Crippen LogP contribution is -2.48. The minimum Gasteiger partial charge on any atom is -0.422 e. The van der Waals surface area contributed by atoms with E-state index in [2.05, 4.69) is 22.2 Å². The predicted octanol–water partition coefficient (Wildman–Crippen LogP) is 3.16. The van der Waals surface area contributed by atoms with Gasteiger partial charge in [0.2, 0.25) is 0 Å². The Morgan fingerprint density at radius 3 is 2.53 bits per heavy atom. The number of amides is 1. The summed E-state index contributed by atoms with van der Waals surface area (Å²) >= 11 is 6.06. The van der Waals surface area contributed by atoms with Crippen molar-refractivity contribution in [3.8, 4) is 0 Å². The molecule has 4 rings (SSSR count). The van der Waals surface area contributed by atoms with Crippen LogP contribution in [0.4, 0.5) is 0 Å². The van der Waals surface area contributed by atoms with Crippen molar-refractivity contribution in [3.63, 3.8) is 0 Å². The molecule has 0 radical (unpaired) electrons. The van der Waals surface area contributed by atoms with Crippen LogP contribution in [0.25, 0.3) is 11.0 Å². The van der Waals surface area contributed by atoms with Gasteiger partial charge in [0.15, 0.2) is 0 Å². The van der Waals surface area contributed by atoms with Crippen LogP contribution in [0.15, 0.2) is 63.8 Å². The fourth-order valence-corrected chi connectivity index (χ4v) is 3.91. The number of piperazine rings is 1. The fraction of sp³-hybridized carbons (Fsp3) is 0.304. The number of para-hydroxylation sites is 1. The van der Waals surface area contributed by atoms with Crippen LogP contribution in [-0.2, 0) is 0 Å². The highest BCUT2D eigenvalue weighted by atomic mass is 35.5. The Balaban J connectivity index is 1.54. The SMILES string of the molecule is CN1CCN([C@@H](CNC(=O)c2cc3ccccc3oc2=O)c2ccc(Cl)cc2)CC1. The first-order chi connectivity index (χ1) is 14.5. The minimum atomic E-state index is -0.631. The number of fused-ring (bicyclic) bond motifs is 1. The molecule has 1 aliphatic rings. The lowest BCUT2D eigenvalue weighted by atomic mass is 10.0. The molecule has 0 unspecified atom stereocenters. The summed E-state index contributed by atoms with van der Waals surface area (Å²) in [6.45, 7) is 4.12. The standard InChI is InChI=1S/C23H24ClN3O3/c1-26-10-12-27(13-11-26)20(16-6-8-18(24)9-7-16)15-25-22(28)19-14-17-4-2-3-5-21(17)30-23(19)29/h2-9,14,20H,10-13,15H2,1H3,(H,25,28)/t20-/m0/s1. The Morgan fingerprint density at radius 1 is 1.10 bits per heavy atom. The highest BCUT2D eigenvalue weighted by Crippen LogP contribution is 2.23. The number of carbonyl (C=O) groups is 1. The Hall–Kier alpha value is -2.67. The van der Waals surface area contributed by atoms with Crippen molar-refractivity contribution in [2.24, 2.45) is 0 Å². The molecule has 7 heteroatoms. The second kappa shape index (κ2) is 9.00. The van der Waals surface area contributed by atoms with E-state index in [-0.39, 0.29) is 11.6 Å². The van der Waals surface area contributed by atoms with Crippen LogP contribution >= 0.6 is 11.6 Å². The predicted molar refractivity (Wildman–Crippen MR) is 118 cm³/mol. The van der Waals surface area contributed by atoms with E-state index in [0.717, 1.165) is 37.1 Å². The van der Waals surface area contributed by atoms with E-state index in [0.29, 0.717) is 17.2 Å². The zero-order valence-electron chi connectivity index (χ0n) is 16.8. The van der Waals surface area contributed by atoms with E-state index in [9.17, 15) is 9.59 Å². The van der Waals surface area contributed by atoms with E-state index in [1.807, 2.05) is 36.4 Å². The minimum absolute atomic E-state index is 0.00702. The summed E-state index contributed by atoms with van der Waals surface area (Å²) < 4.78 is 5.30. The average Bonchev–Trinajstić information content (AvgIpc) is 2.75. The van der Waals surface area contributed by atoms with Crippen LogP contribution < -0.4 is 10.9 Å². The molecule has 0 saturated carbocycles. The number of halogens is 1. The molecular weight excluding hydrogens is 402 g/mol. The van der Waals surface area contributed by atoms with Crippen molar-refractivity contribution in [2.75, 3.05) is 39.8 Å². The Morgan fingerprint density at radius 2 is 1.80 bits per heavy atom. The van der Waals surface area contributed by atoms with Crippen molar-refractivity contribution >= 4 is 28.5 Å². The van der Waals surface area contributed by atoms with Gasteiger partial charge in [0, 0.05) is 43.1 Å². The number of nitrogens with one attached hydrogen (secondary N) is 1. The third-order valence-electron chi connectivity index (χ3n) is 5.58. The second-order valence-electron chi connectivity index (χ2n) is 7.60. The van der Waals surface area contributed by atoms with Gasteiger partial charge in [0.05, 0.1) is 6.04 Å². The zero-order chi connectivity index (χ0) is 21.1. The first kappa shape index (κ1) is 20.6. The van der Waals surface area contributed by atoms with Gasteiger partial charge in [-0.15, -0.1) is 0 Å². The molecule has 1 aliphatic heterocycles. The van der Waals surface area contributed by atoms with E-state index in [4.69, 9.17) is 16.0 Å². The molecule has 1 atom stereocenters. The maximum absolute atomic E-state index is 12.8. The second-order valence-corrected chi connectivity index (χ2v) is 8.04. The number of carbonyl (C=O) groups excluding carboxylic acids is 1. The molecule has 1 amide bonds. The molecule has 30 heavy (non-hydrogen) atoms. The molecule has 0 aliphatic carbocycles. The lowest BCUT2D eigenvalue weighted by Gasteiger charge is -2.38. The van der Waals surface area contributed by atoms with Crippen molar-refractivity contribution in [2.45, 2.75) is 6.04 Å². The highest BCUT2D eigenvalue weighted by Gasteiger charge is 2.25. The van der Waals surface area contributed by atoms with Crippen molar-refractivity contribution in [1.29, 1.82) is 0 Å². The summed E-state index contributed by atoms with van der Waals surface area (Å²) in [6, 6.07) is 16.4. The number of likely N-dealkylation sites (N-methyl/N-ethyl adjacent to an activating group) is 1. The van der Waals surface area contributed by atoms with Gasteiger partial charge in [0.25, 0.3) is 5.91 Å². The maximum atomic E-state index is 12.8. The summed E-state index contributed by atoms with van der Waals surface area (Å²) in [7, 11) is 2.11. The Labute approximate surface area is 180 Å². The lowest BCUT2D eigenvalue weighted by molar-refractivity contribution is 0.0883. The van der Waals surface area contributed by atoms with Crippen LogP contribution in [-0.4, -0.2) is 55.5 Å². The maximum Gasteiger partial charge on any atom is 0.349 e. The summed E-state index contributed by atoms with van der Waals surface area (Å²) in [5, 5.41) is 4.33. The smallest absolute Gasteiger partial charge is 0.349 e. The summed E-state index contributed by atoms with van der Waals surface area (Å²) in [4.78, 5) is 29.8. The topological polar surface area (TPSA) is 65.8 Å². The molecule has 6 nitrogen and oxygen atoms in total. The Bertz CT molecular complexity index is 1090. The quantitative estimate of drug-likeness (QED) is 0.636. The molecule has 1 fully saturated rings. The third kappa shape index (κ3) is 4.56. The van der Waals surface area contributed by atoms with Gasteiger partial charge in [-0.25, -0.2) is 4.79 Å². The van der Waals surface area contributed by atoms with Gasteiger partial charge >= 0.3 is 5.63 Å². The van der Waals surface area contributed by atoms with Crippen LogP contribution in [0.3, 0.4) is 0 Å². The van der Waals surface area contributed by atoms with E-state index in [1.165, 1.54) is 0 Å². The molecule has 2 aromatic carbocycles. The zero-order valence-corrected chi connectivity index (χ0v) is 17.6. The fourth-order valence-electron chi connectivity index (χ4n) is 3.78. The van der Waals surface area contributed by atoms with Gasteiger partial charge < -0.3 is 14.6 Å². The van der Waals surface area contributed by atoms with Crippen LogP contribution in [0.1, 0.15) is 22.0 Å². The van der Waals surface area contributed by atoms with E-state index >= 15 is 0 Å². The summed E-state index contributed by atoms with van der Waals surface area (Å²) in [6.07, 6.45) is 0. The number of benzene rings is 2. The van der Waals surface area contributed by atoms with Gasteiger partial charge in [-0.1, -0.05) is 41.9 Å². The van der Waals surface area contributed by atoms with Crippen molar-refractivity contribution < 1.29 is 9.21 Å². The van der Waals surface area contributed by atoms with Gasteiger partial charge in [-0.3, -0.25) is 9.69 Å². The average molecular weight is 426 g/mol. The summed E-state index contributed by atoms with van der Waals surface area (Å²) in [5.74, 6) is -0.428. The van der Waals surface area contributed by atoms with Crippen LogP contribution in [0.2, 0.25) is 5.02 Å². The molecule has 3 aromatic rings. The van der Waals surface area contributed by atoms with Gasteiger partial charge in [0.1, 0.15) is 11.1 Å². The normalized spacial score (nSPS) is 16.5. The van der Waals surface area contributed by atoms with E-state index < -0.39 is 11.5 Å². The number of nitrogens with zero attached hydrogens (tertiary/aromatic N) is 2.